The van der Waals surface area contributed by atoms with Crippen molar-refractivity contribution in [2.75, 3.05) is 7.05 Å². The zero-order valence-electron chi connectivity index (χ0n) is 5.70. The first-order valence-electron chi connectivity index (χ1n) is 3.15. The van der Waals surface area contributed by atoms with E-state index in [2.05, 4.69) is 18.4 Å². The third-order valence-electron chi connectivity index (χ3n) is 0.948. The Balaban J connectivity index is 2.80. The Morgan fingerprint density at radius 3 is 2.88 bits per heavy atom. The Bertz CT molecular complexity index is 57.4. The predicted molar refractivity (Wildman–Crippen MR) is 36.4 cm³/mol. The highest BCUT2D eigenvalue weighted by Gasteiger charge is 1.74. The van der Waals surface area contributed by atoms with Gasteiger partial charge >= 0.3 is 0 Å². The molecule has 0 aliphatic heterocycles. The van der Waals surface area contributed by atoms with Gasteiger partial charge in [-0.2, -0.15) is 0 Å². The molecule has 0 aliphatic carbocycles. The Hall–Kier alpha value is -0.460. The zero-order chi connectivity index (χ0) is 6.24. The van der Waals surface area contributed by atoms with Gasteiger partial charge in [0.25, 0.3) is 0 Å². The molecule has 0 atom stereocenters. The van der Waals surface area contributed by atoms with E-state index in [1.165, 1.54) is 12.8 Å². The summed E-state index contributed by atoms with van der Waals surface area (Å²) in [6.45, 7) is 2.19. The molecule has 1 radical (unpaired) electrons. The van der Waals surface area contributed by atoms with Crippen LogP contribution in [0.25, 0.3) is 0 Å². The van der Waals surface area contributed by atoms with Gasteiger partial charge in [0, 0.05) is 7.05 Å². The number of hydrogen-bond donors (Lipinski definition) is 1. The third-order valence-corrected chi connectivity index (χ3v) is 0.948. The highest BCUT2D eigenvalue weighted by Crippen LogP contribution is 1.92. The van der Waals surface area contributed by atoms with Gasteiger partial charge in [-0.05, 0) is 12.8 Å². The van der Waals surface area contributed by atoms with Crippen LogP contribution < -0.4 is 5.32 Å². The molecule has 0 saturated carbocycles. The van der Waals surface area contributed by atoms with Gasteiger partial charge in [0.05, 0.1) is 6.20 Å². The number of allylic oxidation sites excluding steroid dienone is 1. The Morgan fingerprint density at radius 2 is 2.38 bits per heavy atom. The lowest BCUT2D eigenvalue weighted by Gasteiger charge is -1.86. The average Bonchev–Trinajstić information content (AvgIpc) is 1.81. The molecular weight excluding hydrogens is 98.1 g/mol. The Morgan fingerprint density at radius 1 is 1.62 bits per heavy atom. The number of rotatable bonds is 4. The third kappa shape index (κ3) is 5.54. The molecule has 0 unspecified atom stereocenters. The fourth-order valence-electron chi connectivity index (χ4n) is 0.480. The highest BCUT2D eigenvalue weighted by atomic mass is 14.8. The van der Waals surface area contributed by atoms with Crippen LogP contribution >= 0.6 is 0 Å². The summed E-state index contributed by atoms with van der Waals surface area (Å²) < 4.78 is 0. The quantitative estimate of drug-likeness (QED) is 0.431. The summed E-state index contributed by atoms with van der Waals surface area (Å²) >= 11 is 0. The van der Waals surface area contributed by atoms with Crippen molar-refractivity contribution in [3.63, 3.8) is 0 Å². The van der Waals surface area contributed by atoms with Crippen LogP contribution in [0.5, 0.6) is 0 Å². The summed E-state index contributed by atoms with van der Waals surface area (Å²) in [6, 6.07) is 0. The minimum Gasteiger partial charge on any atom is -0.387 e. The van der Waals surface area contributed by atoms with E-state index in [9.17, 15) is 0 Å². The summed E-state index contributed by atoms with van der Waals surface area (Å²) in [5.74, 6) is 0. The standard InChI is InChI=1S/C7H14N/c1-3-4-5-6-7-8-2/h6,8H,3-5H2,1-2H3. The molecule has 0 spiro atoms. The monoisotopic (exact) mass is 112 g/mol. The summed E-state index contributed by atoms with van der Waals surface area (Å²) in [7, 11) is 1.86. The summed E-state index contributed by atoms with van der Waals surface area (Å²) in [6.07, 6.45) is 8.63. The summed E-state index contributed by atoms with van der Waals surface area (Å²) in [5, 5.41) is 2.82. The van der Waals surface area contributed by atoms with Gasteiger partial charge in [-0.25, -0.2) is 0 Å². The lowest BCUT2D eigenvalue weighted by atomic mass is 10.2. The van der Waals surface area contributed by atoms with Crippen LogP contribution in [0.4, 0.5) is 0 Å². The molecule has 0 aromatic rings. The normalized spacial score (nSPS) is 10.2. The van der Waals surface area contributed by atoms with Gasteiger partial charge in [0.15, 0.2) is 0 Å². The van der Waals surface area contributed by atoms with Crippen LogP contribution in [0.15, 0.2) is 6.08 Å². The molecule has 0 saturated heterocycles. The first-order valence-corrected chi connectivity index (χ1v) is 3.15. The lowest BCUT2D eigenvalue weighted by molar-refractivity contribution is 0.808. The number of nitrogens with one attached hydrogen (secondary N) is 1. The maximum absolute atomic E-state index is 2.91. The molecule has 0 amide bonds. The molecule has 1 heteroatoms. The van der Waals surface area contributed by atoms with E-state index < -0.39 is 0 Å². The first-order chi connectivity index (χ1) is 3.91. The molecule has 0 aromatic heterocycles. The van der Waals surface area contributed by atoms with Crippen LogP contribution in [0, 0.1) is 6.20 Å². The van der Waals surface area contributed by atoms with Crippen LogP contribution in [-0.2, 0) is 0 Å². The van der Waals surface area contributed by atoms with Gasteiger partial charge in [0.2, 0.25) is 0 Å². The second kappa shape index (κ2) is 6.54. The predicted octanol–water partition coefficient (Wildman–Crippen LogP) is 1.71. The smallest absolute Gasteiger partial charge is 0.0529 e. The van der Waals surface area contributed by atoms with Crippen molar-refractivity contribution >= 4 is 0 Å². The van der Waals surface area contributed by atoms with Crippen LogP contribution in [0.3, 0.4) is 0 Å². The molecule has 1 nitrogen and oxygen atoms in total. The van der Waals surface area contributed by atoms with Gasteiger partial charge in [-0.3, -0.25) is 0 Å². The van der Waals surface area contributed by atoms with Gasteiger partial charge in [-0.1, -0.05) is 19.4 Å². The molecule has 0 heterocycles. The fourth-order valence-corrected chi connectivity index (χ4v) is 0.480. The Labute approximate surface area is 51.8 Å². The fraction of sp³-hybridized carbons (Fsp3) is 0.714. The molecule has 0 bridgehead atoms. The Kier molecular flexibility index (Phi) is 6.16. The largest absolute Gasteiger partial charge is 0.387 e. The molecule has 0 aromatic carbocycles. The van der Waals surface area contributed by atoms with E-state index >= 15 is 0 Å². The maximum atomic E-state index is 2.91. The zero-order valence-corrected chi connectivity index (χ0v) is 5.70. The van der Waals surface area contributed by atoms with E-state index in [1.807, 2.05) is 13.1 Å². The van der Waals surface area contributed by atoms with Crippen LogP contribution in [0.2, 0.25) is 0 Å². The molecule has 0 aliphatic rings. The van der Waals surface area contributed by atoms with E-state index in [-0.39, 0.29) is 0 Å². The van der Waals surface area contributed by atoms with E-state index in [4.69, 9.17) is 0 Å². The molecule has 0 rings (SSSR count). The number of unbranched alkanes of at least 4 members (excludes halogenated alkanes) is 2. The lowest BCUT2D eigenvalue weighted by Crippen LogP contribution is -1.91. The highest BCUT2D eigenvalue weighted by molar-refractivity contribution is 4.69. The van der Waals surface area contributed by atoms with Crippen molar-refractivity contribution in [2.24, 2.45) is 0 Å². The van der Waals surface area contributed by atoms with E-state index in [0.717, 1.165) is 6.42 Å². The van der Waals surface area contributed by atoms with Crippen molar-refractivity contribution in [3.8, 4) is 0 Å². The van der Waals surface area contributed by atoms with Crippen LogP contribution in [-0.4, -0.2) is 7.05 Å². The van der Waals surface area contributed by atoms with Crippen LogP contribution in [0.1, 0.15) is 26.2 Å². The minimum absolute atomic E-state index is 1.15. The topological polar surface area (TPSA) is 12.0 Å². The van der Waals surface area contributed by atoms with E-state index in [0.29, 0.717) is 0 Å². The maximum Gasteiger partial charge on any atom is 0.0529 e. The average molecular weight is 112 g/mol. The molecular formula is C7H14N. The van der Waals surface area contributed by atoms with Crippen molar-refractivity contribution in [1.82, 2.24) is 5.32 Å². The van der Waals surface area contributed by atoms with Gasteiger partial charge in [0.1, 0.15) is 0 Å². The van der Waals surface area contributed by atoms with Crippen molar-refractivity contribution in [1.29, 1.82) is 0 Å². The van der Waals surface area contributed by atoms with Crippen molar-refractivity contribution in [3.05, 3.63) is 12.3 Å². The second-order valence-electron chi connectivity index (χ2n) is 1.74. The second-order valence-corrected chi connectivity index (χ2v) is 1.74. The van der Waals surface area contributed by atoms with Gasteiger partial charge in [-0.15, -0.1) is 0 Å². The summed E-state index contributed by atoms with van der Waals surface area (Å²) in [5.41, 5.74) is 0. The van der Waals surface area contributed by atoms with Crippen molar-refractivity contribution in [2.45, 2.75) is 26.2 Å². The molecule has 0 fully saturated rings. The minimum atomic E-state index is 1.15. The van der Waals surface area contributed by atoms with E-state index in [1.54, 1.807) is 0 Å². The molecule has 8 heavy (non-hydrogen) atoms. The number of hydrogen-bond acceptors (Lipinski definition) is 1. The van der Waals surface area contributed by atoms with Gasteiger partial charge < -0.3 is 5.32 Å². The molecule has 1 N–H and O–H groups in total. The van der Waals surface area contributed by atoms with Crippen molar-refractivity contribution < 1.29 is 0 Å². The first kappa shape index (κ1) is 7.54. The molecule has 47 valence electrons. The SMILES string of the molecule is CCCCC=[C]NC. The summed E-state index contributed by atoms with van der Waals surface area (Å²) in [4.78, 5) is 0.